The molecule has 2 aromatic rings. The molecular weight excluding hydrogens is 425 g/mol. The molecule has 0 radical (unpaired) electrons. The largest absolute Gasteiger partial charge is 0.416 e. The molecule has 148 valence electrons. The predicted molar refractivity (Wildman–Crippen MR) is 98.8 cm³/mol. The monoisotopic (exact) mass is 440 g/mol. The average molecular weight is 441 g/mol. The van der Waals surface area contributed by atoms with Crippen LogP contribution >= 0.6 is 11.6 Å². The van der Waals surface area contributed by atoms with Gasteiger partial charge in [0.15, 0.2) is 0 Å². The summed E-state index contributed by atoms with van der Waals surface area (Å²) in [6.45, 7) is 1.34. The molecule has 0 bridgehead atoms. The average Bonchev–Trinajstić information content (AvgIpc) is 2.53. The first-order valence-corrected chi connectivity index (χ1v) is 10.7. The summed E-state index contributed by atoms with van der Waals surface area (Å²) in [6.07, 6.45) is -4.69. The molecule has 0 aromatic heterocycles. The Bertz CT molecular complexity index is 979. The molecule has 5 nitrogen and oxygen atoms in total. The molecule has 11 heteroatoms. The molecule has 0 fully saturated rings. The fourth-order valence-corrected chi connectivity index (χ4v) is 4.62. The molecule has 1 unspecified atom stereocenters. The Kier molecular flexibility index (Phi) is 6.56. The molecular formula is C16H16ClF3N2O3S2. The van der Waals surface area contributed by atoms with Gasteiger partial charge in [0.2, 0.25) is 0 Å². The number of aryl methyl sites for hydroxylation is 1. The molecule has 0 aliphatic carbocycles. The van der Waals surface area contributed by atoms with Gasteiger partial charge in [0.25, 0.3) is 10.0 Å². The summed E-state index contributed by atoms with van der Waals surface area (Å²) >= 11 is 5.87. The van der Waals surface area contributed by atoms with Crippen LogP contribution in [0.15, 0.2) is 46.2 Å². The normalized spacial score (nSPS) is 13.4. The van der Waals surface area contributed by atoms with Crippen LogP contribution in [0, 0.1) is 6.92 Å². The van der Waals surface area contributed by atoms with Gasteiger partial charge in [0.05, 0.1) is 31.8 Å². The number of halogens is 4. The predicted octanol–water partition coefficient (Wildman–Crippen LogP) is 3.53. The van der Waals surface area contributed by atoms with Crippen LogP contribution in [0.5, 0.6) is 0 Å². The van der Waals surface area contributed by atoms with Crippen LogP contribution in [0.25, 0.3) is 0 Å². The maximum atomic E-state index is 13.1. The van der Waals surface area contributed by atoms with Crippen molar-refractivity contribution in [1.82, 2.24) is 0 Å². The summed E-state index contributed by atoms with van der Waals surface area (Å²) < 4.78 is 78.8. The first-order chi connectivity index (χ1) is 12.5. The summed E-state index contributed by atoms with van der Waals surface area (Å²) in [4.78, 5) is -0.437. The summed E-state index contributed by atoms with van der Waals surface area (Å²) in [5, 5.41) is 0.168. The van der Waals surface area contributed by atoms with Gasteiger partial charge in [-0.25, -0.2) is 8.42 Å². The summed E-state index contributed by atoms with van der Waals surface area (Å²) in [6, 6.07) is 6.73. The number of benzene rings is 2. The highest BCUT2D eigenvalue weighted by molar-refractivity contribution is 7.92. The van der Waals surface area contributed by atoms with Crippen LogP contribution in [0.3, 0.4) is 0 Å². The highest BCUT2D eigenvalue weighted by atomic mass is 35.5. The van der Waals surface area contributed by atoms with Crippen LogP contribution in [-0.2, 0) is 27.0 Å². The standard InChI is InChI=1S/C16H16ClF3N2O3S2/c1-10-2-4-12(9-13(10)16(18,19)20)27(24,25)22-14-8-11(17)3-5-15(14)26(23)7-6-21/h2-5,8-9,22H,6-7,21H2,1H3. The van der Waals surface area contributed by atoms with Gasteiger partial charge in [-0.3, -0.25) is 8.93 Å². The van der Waals surface area contributed by atoms with Crippen LogP contribution in [0.4, 0.5) is 18.9 Å². The van der Waals surface area contributed by atoms with Crippen molar-refractivity contribution in [3.63, 3.8) is 0 Å². The quantitative estimate of drug-likeness (QED) is 0.719. The summed E-state index contributed by atoms with van der Waals surface area (Å²) in [5.41, 5.74) is 4.14. The van der Waals surface area contributed by atoms with E-state index in [2.05, 4.69) is 4.72 Å². The van der Waals surface area contributed by atoms with Crippen molar-refractivity contribution in [3.05, 3.63) is 52.5 Å². The van der Waals surface area contributed by atoms with Crippen molar-refractivity contribution >= 4 is 38.1 Å². The molecule has 0 saturated heterocycles. The van der Waals surface area contributed by atoms with Crippen LogP contribution in [0.2, 0.25) is 5.02 Å². The van der Waals surface area contributed by atoms with Gasteiger partial charge in [-0.1, -0.05) is 17.7 Å². The lowest BCUT2D eigenvalue weighted by atomic mass is 10.1. The maximum Gasteiger partial charge on any atom is 0.416 e. The number of rotatable bonds is 6. The zero-order valence-corrected chi connectivity index (χ0v) is 16.4. The van der Waals surface area contributed by atoms with Gasteiger partial charge in [0.1, 0.15) is 0 Å². The minimum atomic E-state index is -4.69. The number of sulfonamides is 1. The number of hydrogen-bond donors (Lipinski definition) is 2. The topological polar surface area (TPSA) is 89.3 Å². The molecule has 1 atom stereocenters. The Morgan fingerprint density at radius 3 is 2.44 bits per heavy atom. The third-order valence-electron chi connectivity index (χ3n) is 3.56. The highest BCUT2D eigenvalue weighted by Gasteiger charge is 2.33. The van der Waals surface area contributed by atoms with E-state index in [1.54, 1.807) is 0 Å². The Morgan fingerprint density at radius 2 is 1.85 bits per heavy atom. The Hall–Kier alpha value is -1.62. The molecule has 2 rings (SSSR count). The molecule has 0 aliphatic heterocycles. The second-order valence-electron chi connectivity index (χ2n) is 5.56. The molecule has 0 spiro atoms. The zero-order chi connectivity index (χ0) is 20.4. The summed E-state index contributed by atoms with van der Waals surface area (Å²) in [7, 11) is -5.98. The lowest BCUT2D eigenvalue weighted by Gasteiger charge is -2.15. The molecule has 0 aliphatic rings. The van der Waals surface area contributed by atoms with E-state index >= 15 is 0 Å². The molecule has 27 heavy (non-hydrogen) atoms. The van der Waals surface area contributed by atoms with Crippen LogP contribution in [-0.4, -0.2) is 24.9 Å². The minimum Gasteiger partial charge on any atom is -0.330 e. The molecule has 0 amide bonds. The van der Waals surface area contributed by atoms with Gasteiger partial charge in [-0.15, -0.1) is 0 Å². The van der Waals surface area contributed by atoms with Gasteiger partial charge in [-0.2, -0.15) is 13.2 Å². The zero-order valence-electron chi connectivity index (χ0n) is 14.0. The van der Waals surface area contributed by atoms with E-state index in [0.717, 1.165) is 12.1 Å². The fraction of sp³-hybridized carbons (Fsp3) is 0.250. The second-order valence-corrected chi connectivity index (χ2v) is 9.22. The van der Waals surface area contributed by atoms with Crippen molar-refractivity contribution in [2.45, 2.75) is 22.9 Å². The van der Waals surface area contributed by atoms with Crippen molar-refractivity contribution in [2.24, 2.45) is 5.73 Å². The third kappa shape index (κ3) is 5.22. The number of anilines is 1. The lowest BCUT2D eigenvalue weighted by molar-refractivity contribution is -0.138. The van der Waals surface area contributed by atoms with Gasteiger partial charge in [0, 0.05) is 17.3 Å². The fourth-order valence-electron chi connectivity index (χ4n) is 2.27. The third-order valence-corrected chi connectivity index (χ3v) is 6.61. The number of alkyl halides is 3. The highest BCUT2D eigenvalue weighted by Crippen LogP contribution is 2.34. The smallest absolute Gasteiger partial charge is 0.330 e. The van der Waals surface area contributed by atoms with Crippen molar-refractivity contribution in [2.75, 3.05) is 17.0 Å². The van der Waals surface area contributed by atoms with E-state index in [1.807, 2.05) is 0 Å². The lowest BCUT2D eigenvalue weighted by Crippen LogP contribution is -2.17. The molecule has 0 heterocycles. The molecule has 3 N–H and O–H groups in total. The van der Waals surface area contributed by atoms with Crippen LogP contribution < -0.4 is 10.5 Å². The van der Waals surface area contributed by atoms with Crippen molar-refractivity contribution in [1.29, 1.82) is 0 Å². The van der Waals surface area contributed by atoms with E-state index in [1.165, 1.54) is 25.1 Å². The SMILES string of the molecule is Cc1ccc(S(=O)(=O)Nc2cc(Cl)ccc2S(=O)CCN)cc1C(F)(F)F. The van der Waals surface area contributed by atoms with Crippen molar-refractivity contribution < 1.29 is 25.8 Å². The molecule has 0 saturated carbocycles. The summed E-state index contributed by atoms with van der Waals surface area (Å²) in [5.74, 6) is 0.0825. The van der Waals surface area contributed by atoms with Gasteiger partial charge < -0.3 is 5.73 Å². The van der Waals surface area contributed by atoms with Crippen molar-refractivity contribution in [3.8, 4) is 0 Å². The molecule has 2 aromatic carbocycles. The number of nitrogens with one attached hydrogen (secondary N) is 1. The Morgan fingerprint density at radius 1 is 1.19 bits per heavy atom. The van der Waals surface area contributed by atoms with E-state index in [0.29, 0.717) is 6.07 Å². The Balaban J connectivity index is 2.49. The van der Waals surface area contributed by atoms with Gasteiger partial charge >= 0.3 is 6.18 Å². The van der Waals surface area contributed by atoms with E-state index in [4.69, 9.17) is 17.3 Å². The van der Waals surface area contributed by atoms with E-state index in [-0.39, 0.29) is 33.5 Å². The first-order valence-electron chi connectivity index (χ1n) is 7.54. The van der Waals surface area contributed by atoms with E-state index < -0.39 is 37.5 Å². The Labute approximate surface area is 162 Å². The first kappa shape index (κ1) is 21.7. The number of nitrogens with two attached hydrogens (primary N) is 1. The number of hydrogen-bond acceptors (Lipinski definition) is 4. The van der Waals surface area contributed by atoms with Gasteiger partial charge in [-0.05, 0) is 42.8 Å². The van der Waals surface area contributed by atoms with E-state index in [9.17, 15) is 25.8 Å². The second kappa shape index (κ2) is 8.17. The van der Waals surface area contributed by atoms with Crippen LogP contribution in [0.1, 0.15) is 11.1 Å². The maximum absolute atomic E-state index is 13.1. The minimum absolute atomic E-state index is 0.0802.